The first kappa shape index (κ1) is 22.1. The standard InChI is InChI=1S/C19H18F4N2O4S/c20-15-3-1-14(2-4-15)13-28-24-16-9-11-25(12-10-16)30(26,27)18-7-5-17(6-8-18)29-19(21,22)23/h1-9,24H,10-13H2. The van der Waals surface area contributed by atoms with Crippen molar-refractivity contribution >= 4 is 10.0 Å². The lowest BCUT2D eigenvalue weighted by atomic mass is 10.2. The minimum absolute atomic E-state index is 0.0748. The van der Waals surface area contributed by atoms with Crippen LogP contribution in [0.3, 0.4) is 0 Å². The van der Waals surface area contributed by atoms with Crippen LogP contribution in [-0.4, -0.2) is 32.2 Å². The van der Waals surface area contributed by atoms with Crippen LogP contribution in [0.1, 0.15) is 12.0 Å². The Hall–Kier alpha value is -2.63. The van der Waals surface area contributed by atoms with Crippen molar-refractivity contribution in [3.63, 3.8) is 0 Å². The van der Waals surface area contributed by atoms with Crippen LogP contribution in [0.5, 0.6) is 5.75 Å². The Bertz CT molecular complexity index is 991. The molecule has 6 nitrogen and oxygen atoms in total. The number of halogens is 4. The molecular weight excluding hydrogens is 428 g/mol. The van der Waals surface area contributed by atoms with Gasteiger partial charge >= 0.3 is 6.36 Å². The average molecular weight is 446 g/mol. The molecule has 0 saturated carbocycles. The van der Waals surface area contributed by atoms with Gasteiger partial charge in [0.15, 0.2) is 0 Å². The van der Waals surface area contributed by atoms with Crippen molar-refractivity contribution in [2.75, 3.05) is 13.1 Å². The Labute approximate surface area is 170 Å². The van der Waals surface area contributed by atoms with Gasteiger partial charge in [-0.1, -0.05) is 12.1 Å². The predicted octanol–water partition coefficient (Wildman–Crippen LogP) is 3.72. The number of ether oxygens (including phenoxy) is 1. The molecule has 0 unspecified atom stereocenters. The summed E-state index contributed by atoms with van der Waals surface area (Å²) in [5.74, 6) is -0.838. The third-order valence-corrected chi connectivity index (χ3v) is 6.10. The molecule has 1 aliphatic heterocycles. The number of hydrogen-bond donors (Lipinski definition) is 1. The summed E-state index contributed by atoms with van der Waals surface area (Å²) in [5.41, 5.74) is 4.21. The number of hydrogen-bond acceptors (Lipinski definition) is 5. The summed E-state index contributed by atoms with van der Waals surface area (Å²) < 4.78 is 79.8. The van der Waals surface area contributed by atoms with Gasteiger partial charge in [-0.15, -0.1) is 13.2 Å². The van der Waals surface area contributed by atoms with Crippen molar-refractivity contribution in [2.45, 2.75) is 24.3 Å². The van der Waals surface area contributed by atoms with E-state index in [1.807, 2.05) is 0 Å². The van der Waals surface area contributed by atoms with Gasteiger partial charge in [-0.05, 0) is 48.0 Å². The van der Waals surface area contributed by atoms with Gasteiger partial charge in [-0.25, -0.2) is 12.8 Å². The van der Waals surface area contributed by atoms with E-state index in [-0.39, 0.29) is 30.4 Å². The van der Waals surface area contributed by atoms with E-state index in [9.17, 15) is 26.0 Å². The summed E-state index contributed by atoms with van der Waals surface area (Å²) in [4.78, 5) is 5.21. The largest absolute Gasteiger partial charge is 0.573 e. The molecular formula is C19H18F4N2O4S. The molecule has 1 aliphatic rings. The average Bonchev–Trinajstić information content (AvgIpc) is 2.69. The van der Waals surface area contributed by atoms with E-state index >= 15 is 0 Å². The molecule has 162 valence electrons. The van der Waals surface area contributed by atoms with Crippen LogP contribution in [0.2, 0.25) is 0 Å². The smallest absolute Gasteiger partial charge is 0.406 e. The van der Waals surface area contributed by atoms with E-state index in [1.54, 1.807) is 18.2 Å². The monoisotopic (exact) mass is 446 g/mol. The van der Waals surface area contributed by atoms with Crippen molar-refractivity contribution in [1.82, 2.24) is 9.79 Å². The zero-order valence-corrected chi connectivity index (χ0v) is 16.3. The van der Waals surface area contributed by atoms with Gasteiger partial charge in [0, 0.05) is 25.2 Å². The fraction of sp³-hybridized carbons (Fsp3) is 0.263. The van der Waals surface area contributed by atoms with Crippen molar-refractivity contribution in [2.24, 2.45) is 0 Å². The van der Waals surface area contributed by atoms with E-state index in [4.69, 9.17) is 4.84 Å². The van der Waals surface area contributed by atoms with Crippen molar-refractivity contribution in [3.8, 4) is 5.75 Å². The fourth-order valence-corrected chi connectivity index (χ4v) is 4.10. The van der Waals surface area contributed by atoms with Gasteiger partial charge in [0.05, 0.1) is 11.5 Å². The van der Waals surface area contributed by atoms with Gasteiger partial charge in [-0.3, -0.25) is 10.3 Å². The molecule has 0 amide bonds. The van der Waals surface area contributed by atoms with Crippen molar-refractivity contribution in [1.29, 1.82) is 0 Å². The van der Waals surface area contributed by atoms with Crippen LogP contribution < -0.4 is 10.2 Å². The lowest BCUT2D eigenvalue weighted by Gasteiger charge is -2.26. The molecule has 0 bridgehead atoms. The maximum atomic E-state index is 12.9. The lowest BCUT2D eigenvalue weighted by Crippen LogP contribution is -2.36. The lowest BCUT2D eigenvalue weighted by molar-refractivity contribution is -0.274. The minimum Gasteiger partial charge on any atom is -0.406 e. The third kappa shape index (κ3) is 5.94. The number of nitrogens with one attached hydrogen (secondary N) is 1. The van der Waals surface area contributed by atoms with Crippen LogP contribution in [0.4, 0.5) is 17.6 Å². The number of sulfonamides is 1. The molecule has 0 fully saturated rings. The molecule has 2 aromatic carbocycles. The summed E-state index contributed by atoms with van der Waals surface area (Å²) >= 11 is 0. The highest BCUT2D eigenvalue weighted by atomic mass is 32.2. The van der Waals surface area contributed by atoms with Gasteiger partial charge in [0.25, 0.3) is 0 Å². The summed E-state index contributed by atoms with van der Waals surface area (Å²) in [6.45, 7) is 0.444. The van der Waals surface area contributed by atoms with Crippen LogP contribution in [-0.2, 0) is 21.5 Å². The van der Waals surface area contributed by atoms with Gasteiger partial charge in [-0.2, -0.15) is 4.31 Å². The maximum absolute atomic E-state index is 12.9. The number of benzene rings is 2. The molecule has 0 radical (unpaired) electrons. The second kappa shape index (κ2) is 9.02. The molecule has 0 aliphatic carbocycles. The Balaban J connectivity index is 1.54. The first-order valence-electron chi connectivity index (χ1n) is 8.81. The summed E-state index contributed by atoms with van der Waals surface area (Å²) in [5, 5.41) is 0. The molecule has 2 aromatic rings. The molecule has 1 heterocycles. The second-order valence-electron chi connectivity index (χ2n) is 6.38. The van der Waals surface area contributed by atoms with Crippen molar-refractivity contribution < 1.29 is 35.6 Å². The number of alkyl halides is 3. The Morgan fingerprint density at radius 2 is 1.70 bits per heavy atom. The normalized spacial score (nSPS) is 15.5. The van der Waals surface area contributed by atoms with E-state index in [2.05, 4.69) is 10.2 Å². The van der Waals surface area contributed by atoms with E-state index in [0.717, 1.165) is 29.8 Å². The summed E-state index contributed by atoms with van der Waals surface area (Å²) in [6, 6.07) is 9.87. The first-order chi connectivity index (χ1) is 14.1. The zero-order chi connectivity index (χ0) is 21.8. The Morgan fingerprint density at radius 3 is 2.27 bits per heavy atom. The first-order valence-corrected chi connectivity index (χ1v) is 10.2. The molecule has 0 spiro atoms. The SMILES string of the molecule is O=S(=O)(c1ccc(OC(F)(F)F)cc1)N1CC=C(NOCc2ccc(F)cc2)CC1. The molecule has 3 rings (SSSR count). The van der Waals surface area contributed by atoms with Crippen LogP contribution in [0, 0.1) is 5.82 Å². The van der Waals surface area contributed by atoms with Gasteiger partial charge in [0.2, 0.25) is 10.0 Å². The zero-order valence-electron chi connectivity index (χ0n) is 15.5. The summed E-state index contributed by atoms with van der Waals surface area (Å²) in [6.07, 6.45) is -2.84. The molecule has 1 N–H and O–H groups in total. The van der Waals surface area contributed by atoms with Gasteiger partial charge in [0.1, 0.15) is 11.6 Å². The van der Waals surface area contributed by atoms with Crippen LogP contribution >= 0.6 is 0 Å². The fourth-order valence-electron chi connectivity index (χ4n) is 2.72. The van der Waals surface area contributed by atoms with Crippen molar-refractivity contribution in [3.05, 3.63) is 71.7 Å². The quantitative estimate of drug-likeness (QED) is 0.519. The summed E-state index contributed by atoms with van der Waals surface area (Å²) in [7, 11) is -3.87. The molecule has 0 saturated heterocycles. The molecule has 30 heavy (non-hydrogen) atoms. The van der Waals surface area contributed by atoms with E-state index < -0.39 is 22.1 Å². The van der Waals surface area contributed by atoms with E-state index in [0.29, 0.717) is 12.1 Å². The molecule has 0 aromatic heterocycles. The highest BCUT2D eigenvalue weighted by Crippen LogP contribution is 2.26. The van der Waals surface area contributed by atoms with Gasteiger partial charge < -0.3 is 4.74 Å². The van der Waals surface area contributed by atoms with E-state index in [1.165, 1.54) is 16.4 Å². The maximum Gasteiger partial charge on any atom is 0.573 e. The number of hydroxylamine groups is 1. The Kier molecular flexibility index (Phi) is 6.64. The number of rotatable bonds is 7. The second-order valence-corrected chi connectivity index (χ2v) is 8.32. The van der Waals surface area contributed by atoms with Crippen LogP contribution in [0.25, 0.3) is 0 Å². The molecule has 0 atom stereocenters. The third-order valence-electron chi connectivity index (χ3n) is 4.22. The van der Waals surface area contributed by atoms with Crippen LogP contribution in [0.15, 0.2) is 65.2 Å². The number of nitrogens with zero attached hydrogens (tertiary/aromatic N) is 1. The topological polar surface area (TPSA) is 67.9 Å². The minimum atomic E-state index is -4.85. The highest BCUT2D eigenvalue weighted by molar-refractivity contribution is 7.89. The highest BCUT2D eigenvalue weighted by Gasteiger charge is 2.31. The Morgan fingerprint density at radius 1 is 1.03 bits per heavy atom. The predicted molar refractivity (Wildman–Crippen MR) is 98.9 cm³/mol. The molecule has 11 heteroatoms.